The number of ketones is 1. The molecule has 1 aromatic carbocycles. The molecule has 0 aliphatic heterocycles. The molecule has 2 rings (SSSR count). The zero-order chi connectivity index (χ0) is 14.5. The van der Waals surface area contributed by atoms with Crippen molar-refractivity contribution >= 4 is 17.4 Å². The Morgan fingerprint density at radius 1 is 1.40 bits per heavy atom. The fourth-order valence-corrected chi connectivity index (χ4v) is 2.63. The summed E-state index contributed by atoms with van der Waals surface area (Å²) in [6.07, 6.45) is 3.88. The summed E-state index contributed by atoms with van der Waals surface area (Å²) in [5.74, 6) is -0.0697. The van der Waals surface area contributed by atoms with Crippen LogP contribution >= 0.6 is 0 Å². The van der Waals surface area contributed by atoms with Crippen LogP contribution in [0.2, 0.25) is 0 Å². The van der Waals surface area contributed by atoms with Gasteiger partial charge in [0.2, 0.25) is 0 Å². The second-order valence-corrected chi connectivity index (χ2v) is 5.20. The number of ether oxygens (including phenoxy) is 1. The minimum absolute atomic E-state index is 0.0921. The van der Waals surface area contributed by atoms with Crippen molar-refractivity contribution in [1.29, 1.82) is 0 Å². The number of nitrogens with two attached hydrogens (primary N) is 1. The Morgan fingerprint density at radius 2 is 2.20 bits per heavy atom. The van der Waals surface area contributed by atoms with Crippen LogP contribution in [0.4, 0.5) is 5.69 Å². The first-order chi connectivity index (χ1) is 9.63. The van der Waals surface area contributed by atoms with Crippen LogP contribution in [0, 0.1) is 0 Å². The second-order valence-electron chi connectivity index (χ2n) is 5.20. The molecule has 1 aromatic rings. The van der Waals surface area contributed by atoms with Crippen molar-refractivity contribution in [3.8, 4) is 0 Å². The quantitative estimate of drug-likeness (QED) is 0.677. The maximum absolute atomic E-state index is 12.0. The molecule has 20 heavy (non-hydrogen) atoms. The topological polar surface area (TPSA) is 69.4 Å². The van der Waals surface area contributed by atoms with Gasteiger partial charge in [0.05, 0.1) is 0 Å². The highest BCUT2D eigenvalue weighted by molar-refractivity contribution is 5.88. The number of para-hydroxylation sites is 1. The van der Waals surface area contributed by atoms with E-state index >= 15 is 0 Å². The molecule has 1 unspecified atom stereocenters. The van der Waals surface area contributed by atoms with Gasteiger partial charge < -0.3 is 10.5 Å². The maximum Gasteiger partial charge on any atom is 0.305 e. The van der Waals surface area contributed by atoms with E-state index in [4.69, 9.17) is 10.5 Å². The zero-order valence-electron chi connectivity index (χ0n) is 11.9. The van der Waals surface area contributed by atoms with Gasteiger partial charge in [-0.05, 0) is 18.4 Å². The number of carbonyl (C=O) groups excluding carboxylic acids is 2. The average molecular weight is 275 g/mol. The van der Waals surface area contributed by atoms with E-state index in [-0.39, 0.29) is 24.3 Å². The van der Waals surface area contributed by atoms with Crippen molar-refractivity contribution in [3.63, 3.8) is 0 Å². The van der Waals surface area contributed by atoms with Crippen LogP contribution in [0.5, 0.6) is 0 Å². The molecule has 4 nitrogen and oxygen atoms in total. The van der Waals surface area contributed by atoms with E-state index in [0.717, 1.165) is 30.4 Å². The fourth-order valence-electron chi connectivity index (χ4n) is 2.63. The van der Waals surface area contributed by atoms with Crippen LogP contribution < -0.4 is 5.73 Å². The van der Waals surface area contributed by atoms with Gasteiger partial charge in [-0.2, -0.15) is 0 Å². The van der Waals surface area contributed by atoms with Gasteiger partial charge in [-0.25, -0.2) is 0 Å². The first-order valence-corrected chi connectivity index (χ1v) is 7.19. The molecular weight excluding hydrogens is 254 g/mol. The van der Waals surface area contributed by atoms with Gasteiger partial charge in [0.1, 0.15) is 12.4 Å². The summed E-state index contributed by atoms with van der Waals surface area (Å²) in [5, 5.41) is 0. The number of nitrogen functional groups attached to an aromatic ring is 1. The lowest BCUT2D eigenvalue weighted by Gasteiger charge is -2.23. The number of hydrogen-bond donors (Lipinski definition) is 1. The summed E-state index contributed by atoms with van der Waals surface area (Å²) in [5.41, 5.74) is 8.42. The Kier molecular flexibility index (Phi) is 4.77. The zero-order valence-corrected chi connectivity index (χ0v) is 11.9. The normalized spacial score (nSPS) is 18.9. The number of hydrogen-bond acceptors (Lipinski definition) is 4. The van der Waals surface area contributed by atoms with E-state index in [9.17, 15) is 9.59 Å². The second kappa shape index (κ2) is 6.55. The number of Topliss-reactive ketones (excluding diaryl/α,β-unsaturated/α-hetero) is 1. The molecule has 0 radical (unpaired) electrons. The number of benzene rings is 1. The van der Waals surface area contributed by atoms with Gasteiger partial charge in [0.25, 0.3) is 0 Å². The third kappa shape index (κ3) is 3.18. The van der Waals surface area contributed by atoms with Crippen LogP contribution in [0.15, 0.2) is 18.2 Å². The molecule has 0 bridgehead atoms. The Bertz CT molecular complexity index is 510. The minimum Gasteiger partial charge on any atom is -0.461 e. The highest BCUT2D eigenvalue weighted by Crippen LogP contribution is 2.34. The largest absolute Gasteiger partial charge is 0.461 e. The van der Waals surface area contributed by atoms with Crippen molar-refractivity contribution < 1.29 is 14.3 Å². The maximum atomic E-state index is 12.0. The van der Waals surface area contributed by atoms with Crippen LogP contribution in [-0.2, 0) is 20.9 Å². The predicted octanol–water partition coefficient (Wildman–Crippen LogP) is 2.95. The van der Waals surface area contributed by atoms with Crippen LogP contribution in [0.25, 0.3) is 0 Å². The molecule has 1 aliphatic carbocycles. The monoisotopic (exact) mass is 275 g/mol. The van der Waals surface area contributed by atoms with Crippen molar-refractivity contribution in [1.82, 2.24) is 0 Å². The standard InChI is InChI=1S/C16H21NO3/c1-2-15(19)20-10-11-6-5-8-13(16(11)17)12-7-3-4-9-14(12)18/h5-6,8,12H,2-4,7,9-10,17H2,1H3. The summed E-state index contributed by atoms with van der Waals surface area (Å²) >= 11 is 0. The molecule has 1 fully saturated rings. The van der Waals surface area contributed by atoms with Gasteiger partial charge in [-0.1, -0.05) is 31.5 Å². The molecule has 2 N–H and O–H groups in total. The van der Waals surface area contributed by atoms with Crippen LogP contribution in [0.1, 0.15) is 56.1 Å². The SMILES string of the molecule is CCC(=O)OCc1cccc(C2CCCCC2=O)c1N. The molecule has 0 spiro atoms. The Morgan fingerprint density at radius 3 is 2.90 bits per heavy atom. The molecular formula is C16H21NO3. The molecule has 108 valence electrons. The first-order valence-electron chi connectivity index (χ1n) is 7.19. The summed E-state index contributed by atoms with van der Waals surface area (Å²) < 4.78 is 5.12. The van der Waals surface area contributed by atoms with Gasteiger partial charge in [-0.3, -0.25) is 9.59 Å². The summed E-state index contributed by atoms with van der Waals surface area (Å²) in [7, 11) is 0. The van der Waals surface area contributed by atoms with Crippen LogP contribution in [0.3, 0.4) is 0 Å². The molecule has 0 heterocycles. The number of anilines is 1. The molecule has 0 saturated heterocycles. The molecule has 1 saturated carbocycles. The van der Waals surface area contributed by atoms with Gasteiger partial charge in [-0.15, -0.1) is 0 Å². The van der Waals surface area contributed by atoms with Crippen molar-refractivity contribution in [2.24, 2.45) is 0 Å². The Labute approximate surface area is 119 Å². The summed E-state index contributed by atoms with van der Waals surface area (Å²) in [4.78, 5) is 23.2. The smallest absolute Gasteiger partial charge is 0.305 e. The predicted molar refractivity (Wildman–Crippen MR) is 77.2 cm³/mol. The highest BCUT2D eigenvalue weighted by Gasteiger charge is 2.26. The lowest BCUT2D eigenvalue weighted by atomic mass is 9.81. The van der Waals surface area contributed by atoms with E-state index in [1.807, 2.05) is 18.2 Å². The first kappa shape index (κ1) is 14.6. The van der Waals surface area contributed by atoms with E-state index in [2.05, 4.69) is 0 Å². The number of esters is 1. The number of carbonyl (C=O) groups is 2. The molecule has 0 aromatic heterocycles. The van der Waals surface area contributed by atoms with E-state index in [0.29, 0.717) is 18.5 Å². The van der Waals surface area contributed by atoms with Gasteiger partial charge in [0.15, 0.2) is 0 Å². The van der Waals surface area contributed by atoms with Crippen molar-refractivity contribution in [2.45, 2.75) is 51.6 Å². The van der Waals surface area contributed by atoms with Gasteiger partial charge in [0, 0.05) is 30.0 Å². The molecule has 1 atom stereocenters. The van der Waals surface area contributed by atoms with Crippen molar-refractivity contribution in [3.05, 3.63) is 29.3 Å². The lowest BCUT2D eigenvalue weighted by molar-refractivity contribution is -0.144. The average Bonchev–Trinajstić information content (AvgIpc) is 2.47. The van der Waals surface area contributed by atoms with Gasteiger partial charge >= 0.3 is 5.97 Å². The van der Waals surface area contributed by atoms with Crippen molar-refractivity contribution in [2.75, 3.05) is 5.73 Å². The Hall–Kier alpha value is -1.84. The third-order valence-electron chi connectivity index (χ3n) is 3.84. The van der Waals surface area contributed by atoms with E-state index < -0.39 is 0 Å². The summed E-state index contributed by atoms with van der Waals surface area (Å²) in [6.45, 7) is 1.93. The molecule has 4 heteroatoms. The summed E-state index contributed by atoms with van der Waals surface area (Å²) in [6, 6.07) is 5.63. The molecule has 0 amide bonds. The fraction of sp³-hybridized carbons (Fsp3) is 0.500. The Balaban J connectivity index is 2.18. The number of rotatable bonds is 4. The third-order valence-corrected chi connectivity index (χ3v) is 3.84. The van der Waals surface area contributed by atoms with Crippen LogP contribution in [-0.4, -0.2) is 11.8 Å². The molecule has 1 aliphatic rings. The minimum atomic E-state index is -0.247. The van der Waals surface area contributed by atoms with E-state index in [1.165, 1.54) is 0 Å². The van der Waals surface area contributed by atoms with E-state index in [1.54, 1.807) is 6.92 Å². The highest BCUT2D eigenvalue weighted by atomic mass is 16.5. The lowest BCUT2D eigenvalue weighted by Crippen LogP contribution is -2.19.